The molecule has 3 heterocycles. The summed E-state index contributed by atoms with van der Waals surface area (Å²) in [5.74, 6) is -0.339. The van der Waals surface area contributed by atoms with Crippen LogP contribution in [0.4, 0.5) is 4.39 Å². The summed E-state index contributed by atoms with van der Waals surface area (Å²) in [6, 6.07) is 4.33. The lowest BCUT2D eigenvalue weighted by Crippen LogP contribution is -2.51. The van der Waals surface area contributed by atoms with Crippen molar-refractivity contribution in [1.82, 2.24) is 19.9 Å². The molecule has 2 aromatic rings. The van der Waals surface area contributed by atoms with Gasteiger partial charge in [0.25, 0.3) is 5.91 Å². The average molecular weight is 463 g/mol. The Morgan fingerprint density at radius 1 is 1.03 bits per heavy atom. The molecular weight excluding hydrogens is 435 g/mol. The Labute approximate surface area is 192 Å². The van der Waals surface area contributed by atoms with Gasteiger partial charge in [-0.2, -0.15) is 0 Å². The Balaban J connectivity index is 1.41. The lowest BCUT2D eigenvalue weighted by Gasteiger charge is -2.35. The second-order valence-corrected chi connectivity index (χ2v) is 8.83. The van der Waals surface area contributed by atoms with E-state index in [0.717, 1.165) is 25.9 Å². The first-order valence-electron chi connectivity index (χ1n) is 11.2. The van der Waals surface area contributed by atoms with Gasteiger partial charge >= 0.3 is 0 Å². The summed E-state index contributed by atoms with van der Waals surface area (Å²) in [5, 5.41) is 4.10. The van der Waals surface area contributed by atoms with Crippen LogP contribution in [-0.2, 0) is 4.79 Å². The van der Waals surface area contributed by atoms with Crippen molar-refractivity contribution in [3.8, 4) is 11.3 Å². The highest BCUT2D eigenvalue weighted by Crippen LogP contribution is 2.34. The topological polar surface area (TPSA) is 69.9 Å². The van der Waals surface area contributed by atoms with Crippen molar-refractivity contribution in [2.75, 3.05) is 45.8 Å². The van der Waals surface area contributed by atoms with Gasteiger partial charge in [0.05, 0.1) is 17.1 Å². The number of hydrogen-bond acceptors (Lipinski definition) is 5. The number of carbonyl (C=O) groups is 2. The van der Waals surface area contributed by atoms with Gasteiger partial charge in [-0.1, -0.05) is 35.7 Å². The van der Waals surface area contributed by atoms with Crippen LogP contribution in [0.25, 0.3) is 11.3 Å². The van der Waals surface area contributed by atoms with Crippen molar-refractivity contribution in [2.45, 2.75) is 32.6 Å². The van der Waals surface area contributed by atoms with E-state index in [0.29, 0.717) is 38.5 Å². The smallest absolute Gasteiger partial charge is 0.259 e. The monoisotopic (exact) mass is 462 g/mol. The molecule has 2 amide bonds. The van der Waals surface area contributed by atoms with Crippen molar-refractivity contribution in [3.63, 3.8) is 0 Å². The fraction of sp³-hybridized carbons (Fsp3) is 0.522. The van der Waals surface area contributed by atoms with Crippen molar-refractivity contribution in [2.24, 2.45) is 0 Å². The van der Waals surface area contributed by atoms with Crippen LogP contribution in [-0.4, -0.2) is 77.5 Å². The number of hydrogen-bond donors (Lipinski definition) is 0. The zero-order valence-corrected chi connectivity index (χ0v) is 19.0. The molecule has 0 saturated carbocycles. The predicted molar refractivity (Wildman–Crippen MR) is 119 cm³/mol. The third kappa shape index (κ3) is 4.81. The molecule has 0 atom stereocenters. The zero-order valence-electron chi connectivity index (χ0n) is 18.3. The van der Waals surface area contributed by atoms with Gasteiger partial charge in [-0.3, -0.25) is 14.5 Å². The van der Waals surface area contributed by atoms with Crippen molar-refractivity contribution >= 4 is 23.4 Å². The number of rotatable bonds is 4. The van der Waals surface area contributed by atoms with Gasteiger partial charge in [0.1, 0.15) is 22.8 Å². The van der Waals surface area contributed by atoms with Gasteiger partial charge in [-0.05, 0) is 31.9 Å². The number of aromatic nitrogens is 1. The van der Waals surface area contributed by atoms with E-state index in [-0.39, 0.29) is 33.7 Å². The normalized spacial score (nSPS) is 18.0. The van der Waals surface area contributed by atoms with E-state index in [1.54, 1.807) is 17.9 Å². The van der Waals surface area contributed by atoms with E-state index in [9.17, 15) is 14.0 Å². The standard InChI is InChI=1S/C23H28ClFN4O3/c1-16-20(22(26-32-16)21-17(24)7-6-8-18(21)25)23(31)29-13-11-27(12-14-29)15-19(30)28-9-4-2-3-5-10-28/h6-8H,2-5,9-15H2,1H3. The maximum Gasteiger partial charge on any atom is 0.259 e. The quantitative estimate of drug-likeness (QED) is 0.694. The Morgan fingerprint density at radius 3 is 2.38 bits per heavy atom. The molecule has 2 aliphatic rings. The molecule has 0 radical (unpaired) electrons. The van der Waals surface area contributed by atoms with E-state index in [2.05, 4.69) is 10.1 Å². The highest BCUT2D eigenvalue weighted by molar-refractivity contribution is 6.33. The molecule has 2 saturated heterocycles. The number of nitrogens with zero attached hydrogens (tertiary/aromatic N) is 4. The number of amides is 2. The molecule has 172 valence electrons. The molecule has 0 bridgehead atoms. The van der Waals surface area contributed by atoms with Crippen LogP contribution in [0.3, 0.4) is 0 Å². The molecule has 4 rings (SSSR count). The van der Waals surface area contributed by atoms with Crippen LogP contribution in [0, 0.1) is 12.7 Å². The SMILES string of the molecule is Cc1onc(-c2c(F)cccc2Cl)c1C(=O)N1CCN(CC(=O)N2CCCCCC2)CC1. The third-order valence-corrected chi connectivity index (χ3v) is 6.57. The lowest BCUT2D eigenvalue weighted by molar-refractivity contribution is -0.132. The Kier molecular flexibility index (Phi) is 7.10. The number of halogens is 2. The molecule has 1 aromatic carbocycles. The van der Waals surface area contributed by atoms with Crippen molar-refractivity contribution in [1.29, 1.82) is 0 Å². The molecule has 9 heteroatoms. The van der Waals surface area contributed by atoms with Crippen molar-refractivity contribution in [3.05, 3.63) is 40.4 Å². The minimum absolute atomic E-state index is 0.0658. The van der Waals surface area contributed by atoms with Crippen LogP contribution < -0.4 is 0 Å². The van der Waals surface area contributed by atoms with Crippen LogP contribution in [0.1, 0.15) is 41.8 Å². The molecule has 0 N–H and O–H groups in total. The highest BCUT2D eigenvalue weighted by atomic mass is 35.5. The van der Waals surface area contributed by atoms with Crippen LogP contribution in [0.15, 0.2) is 22.7 Å². The van der Waals surface area contributed by atoms with E-state index < -0.39 is 5.82 Å². The summed E-state index contributed by atoms with van der Waals surface area (Å²) < 4.78 is 19.7. The van der Waals surface area contributed by atoms with Gasteiger partial charge in [-0.25, -0.2) is 4.39 Å². The molecule has 0 aliphatic carbocycles. The van der Waals surface area contributed by atoms with Crippen LogP contribution >= 0.6 is 11.6 Å². The Bertz CT molecular complexity index is 959. The van der Waals surface area contributed by atoms with Gasteiger partial charge in [0.2, 0.25) is 5.91 Å². The second kappa shape index (κ2) is 10.0. The molecule has 32 heavy (non-hydrogen) atoms. The molecule has 0 spiro atoms. The van der Waals surface area contributed by atoms with E-state index >= 15 is 0 Å². The van der Waals surface area contributed by atoms with Crippen molar-refractivity contribution < 1.29 is 18.5 Å². The highest BCUT2D eigenvalue weighted by Gasteiger charge is 2.31. The minimum Gasteiger partial charge on any atom is -0.360 e. The molecule has 2 fully saturated rings. The minimum atomic E-state index is -0.559. The van der Waals surface area contributed by atoms with Gasteiger partial charge in [-0.15, -0.1) is 0 Å². The number of piperazine rings is 1. The summed E-state index contributed by atoms with van der Waals surface area (Å²) in [5.41, 5.74) is 0.413. The summed E-state index contributed by atoms with van der Waals surface area (Å²) in [6.07, 6.45) is 4.51. The Morgan fingerprint density at radius 2 is 1.72 bits per heavy atom. The summed E-state index contributed by atoms with van der Waals surface area (Å²) in [4.78, 5) is 31.7. The van der Waals surface area contributed by atoms with Crippen LogP contribution in [0.2, 0.25) is 5.02 Å². The zero-order chi connectivity index (χ0) is 22.7. The maximum atomic E-state index is 14.4. The molecule has 2 aliphatic heterocycles. The number of aryl methyl sites for hydroxylation is 1. The fourth-order valence-electron chi connectivity index (χ4n) is 4.40. The van der Waals surface area contributed by atoms with Gasteiger partial charge < -0.3 is 14.3 Å². The maximum absolute atomic E-state index is 14.4. The van der Waals surface area contributed by atoms with Crippen LogP contribution in [0.5, 0.6) is 0 Å². The Hall–Kier alpha value is -2.45. The summed E-state index contributed by atoms with van der Waals surface area (Å²) in [6.45, 7) is 5.84. The molecule has 7 nitrogen and oxygen atoms in total. The first-order chi connectivity index (χ1) is 15.5. The number of benzene rings is 1. The first-order valence-corrected chi connectivity index (χ1v) is 11.5. The summed E-state index contributed by atoms with van der Waals surface area (Å²) in [7, 11) is 0. The summed E-state index contributed by atoms with van der Waals surface area (Å²) >= 11 is 6.19. The number of likely N-dealkylation sites (tertiary alicyclic amines) is 1. The van der Waals surface area contributed by atoms with E-state index in [4.69, 9.17) is 16.1 Å². The van der Waals surface area contributed by atoms with Gasteiger partial charge in [0.15, 0.2) is 0 Å². The fourth-order valence-corrected chi connectivity index (χ4v) is 4.65. The molecule has 0 unspecified atom stereocenters. The average Bonchev–Trinajstić information content (AvgIpc) is 2.98. The largest absolute Gasteiger partial charge is 0.360 e. The third-order valence-electron chi connectivity index (χ3n) is 6.25. The first kappa shape index (κ1) is 22.7. The predicted octanol–water partition coefficient (Wildman–Crippen LogP) is 3.60. The van der Waals surface area contributed by atoms with Gasteiger partial charge in [0, 0.05) is 39.3 Å². The van der Waals surface area contributed by atoms with E-state index in [1.807, 2.05) is 4.90 Å². The van der Waals surface area contributed by atoms with E-state index in [1.165, 1.54) is 25.0 Å². The second-order valence-electron chi connectivity index (χ2n) is 8.42. The molecular formula is C23H28ClFN4O3. The number of carbonyl (C=O) groups excluding carboxylic acids is 2. The molecule has 1 aromatic heterocycles. The lowest BCUT2D eigenvalue weighted by atomic mass is 10.0.